The summed E-state index contributed by atoms with van der Waals surface area (Å²) >= 11 is 1.38. The van der Waals surface area contributed by atoms with E-state index in [-0.39, 0.29) is 30.8 Å². The van der Waals surface area contributed by atoms with Crippen molar-refractivity contribution in [3.05, 3.63) is 75.7 Å². The van der Waals surface area contributed by atoms with Crippen LogP contribution in [0.5, 0.6) is 5.75 Å². The summed E-state index contributed by atoms with van der Waals surface area (Å²) < 4.78 is 11.1. The summed E-state index contributed by atoms with van der Waals surface area (Å²) in [5.41, 5.74) is 3.46. The number of aryl methyl sites for hydroxylation is 1. The first-order valence-electron chi connectivity index (χ1n) is 9.74. The van der Waals surface area contributed by atoms with E-state index in [1.165, 1.54) is 11.3 Å². The molecule has 30 heavy (non-hydrogen) atoms. The summed E-state index contributed by atoms with van der Waals surface area (Å²) in [5.74, 6) is 0.0872. The molecule has 1 aliphatic rings. The number of carbonyl (C=O) groups is 2. The second-order valence-corrected chi connectivity index (χ2v) is 8.14. The lowest BCUT2D eigenvalue weighted by molar-refractivity contribution is -0.151. The number of esters is 1. The fraction of sp³-hybridized carbons (Fsp3) is 0.261. The van der Waals surface area contributed by atoms with Crippen LogP contribution in [0, 0.1) is 12.8 Å². The number of thiazole rings is 1. The normalized spacial score (nSPS) is 15.0. The fourth-order valence-corrected chi connectivity index (χ4v) is 4.06. The van der Waals surface area contributed by atoms with E-state index in [0.717, 1.165) is 22.6 Å². The Bertz CT molecular complexity index is 1060. The molecule has 0 bridgehead atoms. The molecule has 154 valence electrons. The van der Waals surface area contributed by atoms with Gasteiger partial charge in [0.25, 0.3) is 0 Å². The average Bonchev–Trinajstić information content (AvgIpc) is 3.20. The van der Waals surface area contributed by atoms with Crippen LogP contribution in [0.1, 0.15) is 21.8 Å². The quantitative estimate of drug-likeness (QED) is 0.609. The second kappa shape index (κ2) is 9.09. The first-order valence-corrected chi connectivity index (χ1v) is 10.6. The molecule has 1 atom stereocenters. The number of carbonyl (C=O) groups excluding carboxylic acids is 2. The largest absolute Gasteiger partial charge is 0.492 e. The van der Waals surface area contributed by atoms with Crippen LogP contribution in [0.2, 0.25) is 0 Å². The van der Waals surface area contributed by atoms with Gasteiger partial charge in [-0.2, -0.15) is 0 Å². The molecule has 7 heteroatoms. The number of para-hydroxylation sites is 2. The maximum Gasteiger partial charge on any atom is 0.313 e. The third-order valence-corrected chi connectivity index (χ3v) is 5.80. The lowest BCUT2D eigenvalue weighted by Crippen LogP contribution is -2.29. The van der Waals surface area contributed by atoms with Gasteiger partial charge < -0.3 is 14.8 Å². The Kier molecular flexibility index (Phi) is 6.09. The number of hydrogen-bond donors (Lipinski definition) is 1. The monoisotopic (exact) mass is 422 g/mol. The van der Waals surface area contributed by atoms with Crippen LogP contribution >= 0.6 is 11.3 Å². The Labute approximate surface area is 178 Å². The Balaban J connectivity index is 1.27. The highest BCUT2D eigenvalue weighted by Gasteiger charge is 2.27. The molecule has 2 aromatic carbocycles. The van der Waals surface area contributed by atoms with E-state index in [1.807, 2.05) is 60.8 Å². The van der Waals surface area contributed by atoms with Crippen LogP contribution in [-0.2, 0) is 33.8 Å². The summed E-state index contributed by atoms with van der Waals surface area (Å²) in [6.07, 6.45) is 0.788. The zero-order valence-corrected chi connectivity index (χ0v) is 17.4. The van der Waals surface area contributed by atoms with Gasteiger partial charge in [-0.15, -0.1) is 11.3 Å². The molecule has 1 amide bonds. The molecule has 0 radical (unpaired) electrons. The smallest absolute Gasteiger partial charge is 0.313 e. The molecular formula is C23H22N2O4S. The molecular weight excluding hydrogens is 400 g/mol. The molecule has 1 unspecified atom stereocenters. The first kappa shape index (κ1) is 20.1. The van der Waals surface area contributed by atoms with Gasteiger partial charge in [0.05, 0.1) is 18.0 Å². The van der Waals surface area contributed by atoms with Crippen LogP contribution in [0.15, 0.2) is 53.9 Å². The minimum absolute atomic E-state index is 0.0902. The van der Waals surface area contributed by atoms with Crippen LogP contribution < -0.4 is 10.1 Å². The number of fused-ring (bicyclic) bond motifs is 1. The number of aromatic nitrogens is 1. The molecule has 2 heterocycles. The predicted molar refractivity (Wildman–Crippen MR) is 115 cm³/mol. The molecule has 0 aliphatic carbocycles. The van der Waals surface area contributed by atoms with E-state index < -0.39 is 0 Å². The van der Waals surface area contributed by atoms with E-state index in [9.17, 15) is 9.59 Å². The third kappa shape index (κ3) is 4.86. The Hall–Kier alpha value is -3.19. The SMILES string of the molecule is Cc1ccccc1NC(=O)Cc1nc(COC(=O)C2COc3ccccc3C2)cs1. The molecule has 0 saturated heterocycles. The van der Waals surface area contributed by atoms with Gasteiger partial charge in [0, 0.05) is 11.1 Å². The first-order chi connectivity index (χ1) is 14.6. The van der Waals surface area contributed by atoms with Crippen LogP contribution in [0.3, 0.4) is 0 Å². The molecule has 1 aliphatic heterocycles. The Morgan fingerprint density at radius 2 is 2.00 bits per heavy atom. The van der Waals surface area contributed by atoms with Gasteiger partial charge in [0.2, 0.25) is 5.91 Å². The highest BCUT2D eigenvalue weighted by molar-refractivity contribution is 7.09. The van der Waals surface area contributed by atoms with Gasteiger partial charge in [-0.3, -0.25) is 9.59 Å². The molecule has 0 saturated carbocycles. The van der Waals surface area contributed by atoms with Gasteiger partial charge in [0.1, 0.15) is 24.0 Å². The van der Waals surface area contributed by atoms with Crippen molar-refractivity contribution in [1.82, 2.24) is 4.98 Å². The minimum Gasteiger partial charge on any atom is -0.492 e. The van der Waals surface area contributed by atoms with Gasteiger partial charge in [0.15, 0.2) is 0 Å². The van der Waals surface area contributed by atoms with Crippen molar-refractivity contribution in [2.24, 2.45) is 5.92 Å². The fourth-order valence-electron chi connectivity index (χ4n) is 3.28. The van der Waals surface area contributed by atoms with E-state index in [2.05, 4.69) is 10.3 Å². The van der Waals surface area contributed by atoms with Crippen molar-refractivity contribution < 1.29 is 19.1 Å². The summed E-state index contributed by atoms with van der Waals surface area (Å²) in [6, 6.07) is 15.3. The van der Waals surface area contributed by atoms with Crippen LogP contribution in [0.25, 0.3) is 0 Å². The van der Waals surface area contributed by atoms with Crippen molar-refractivity contribution >= 4 is 28.9 Å². The maximum absolute atomic E-state index is 12.4. The number of benzene rings is 2. The standard InChI is InChI=1S/C23H22N2O4S/c1-15-6-2-4-8-19(15)25-21(26)11-22-24-18(14-30-22)13-29-23(27)17-10-16-7-3-5-9-20(16)28-12-17/h2-9,14,17H,10-13H2,1H3,(H,25,26). The van der Waals surface area contributed by atoms with Gasteiger partial charge >= 0.3 is 5.97 Å². The highest BCUT2D eigenvalue weighted by Crippen LogP contribution is 2.27. The number of rotatable bonds is 6. The van der Waals surface area contributed by atoms with Gasteiger partial charge in [-0.05, 0) is 36.6 Å². The second-order valence-electron chi connectivity index (χ2n) is 7.20. The molecule has 1 aromatic heterocycles. The lowest BCUT2D eigenvalue weighted by atomic mass is 9.97. The number of nitrogens with zero attached hydrogens (tertiary/aromatic N) is 1. The van der Waals surface area contributed by atoms with Crippen molar-refractivity contribution in [2.75, 3.05) is 11.9 Å². The summed E-state index contributed by atoms with van der Waals surface area (Å²) in [6.45, 7) is 2.35. The third-order valence-electron chi connectivity index (χ3n) is 4.90. The summed E-state index contributed by atoms with van der Waals surface area (Å²) in [7, 11) is 0. The van der Waals surface area contributed by atoms with Gasteiger partial charge in [-0.25, -0.2) is 4.98 Å². The zero-order chi connectivity index (χ0) is 20.9. The van der Waals surface area contributed by atoms with E-state index in [4.69, 9.17) is 9.47 Å². The number of amides is 1. The number of ether oxygens (including phenoxy) is 2. The average molecular weight is 423 g/mol. The van der Waals surface area contributed by atoms with Gasteiger partial charge in [-0.1, -0.05) is 36.4 Å². The van der Waals surface area contributed by atoms with Crippen molar-refractivity contribution in [3.63, 3.8) is 0 Å². The maximum atomic E-state index is 12.4. The van der Waals surface area contributed by atoms with Crippen molar-refractivity contribution in [3.8, 4) is 5.75 Å². The predicted octanol–water partition coefficient (Wildman–Crippen LogP) is 3.93. The molecule has 4 rings (SSSR count). The van der Waals surface area contributed by atoms with Crippen LogP contribution in [-0.4, -0.2) is 23.5 Å². The Morgan fingerprint density at radius 1 is 1.20 bits per heavy atom. The molecule has 1 N–H and O–H groups in total. The van der Waals surface area contributed by atoms with Crippen molar-refractivity contribution in [1.29, 1.82) is 0 Å². The summed E-state index contributed by atoms with van der Waals surface area (Å²) in [5, 5.41) is 5.40. The molecule has 0 fully saturated rings. The summed E-state index contributed by atoms with van der Waals surface area (Å²) in [4.78, 5) is 29.1. The topological polar surface area (TPSA) is 77.5 Å². The molecule has 0 spiro atoms. The minimum atomic E-state index is -0.321. The number of anilines is 1. The van der Waals surface area contributed by atoms with E-state index in [1.54, 1.807) is 0 Å². The lowest BCUT2D eigenvalue weighted by Gasteiger charge is -2.23. The zero-order valence-electron chi connectivity index (χ0n) is 16.6. The number of nitrogens with one attached hydrogen (secondary N) is 1. The van der Waals surface area contributed by atoms with Crippen molar-refractivity contribution in [2.45, 2.75) is 26.4 Å². The number of hydrogen-bond acceptors (Lipinski definition) is 6. The Morgan fingerprint density at radius 3 is 2.87 bits per heavy atom. The molecule has 6 nitrogen and oxygen atoms in total. The molecule has 3 aromatic rings. The van der Waals surface area contributed by atoms with E-state index >= 15 is 0 Å². The van der Waals surface area contributed by atoms with E-state index in [0.29, 0.717) is 23.7 Å². The highest BCUT2D eigenvalue weighted by atomic mass is 32.1. The van der Waals surface area contributed by atoms with Crippen LogP contribution in [0.4, 0.5) is 5.69 Å².